The maximum absolute atomic E-state index is 13.7. The number of esters is 1. The molecule has 0 radical (unpaired) electrons. The molecule has 154 valence electrons. The summed E-state index contributed by atoms with van der Waals surface area (Å²) in [5.74, 6) is 2.21. The van der Waals surface area contributed by atoms with Crippen molar-refractivity contribution >= 4 is 11.9 Å². The highest BCUT2D eigenvalue weighted by Crippen LogP contribution is 2.60. The highest BCUT2D eigenvalue weighted by molar-refractivity contribution is 5.86. The first-order chi connectivity index (χ1) is 13.5. The molecule has 7 heteroatoms. The van der Waals surface area contributed by atoms with Crippen molar-refractivity contribution in [2.75, 3.05) is 27.4 Å². The van der Waals surface area contributed by atoms with Crippen LogP contribution in [-0.4, -0.2) is 49.1 Å². The van der Waals surface area contributed by atoms with Gasteiger partial charge in [0.15, 0.2) is 5.69 Å². The Kier molecular flexibility index (Phi) is 5.45. The van der Waals surface area contributed by atoms with Gasteiger partial charge in [-0.1, -0.05) is 0 Å². The first-order valence-electron chi connectivity index (χ1n) is 10.3. The van der Waals surface area contributed by atoms with Crippen molar-refractivity contribution in [3.8, 4) is 0 Å². The predicted molar refractivity (Wildman–Crippen MR) is 100 cm³/mol. The molecule has 4 aliphatic carbocycles. The molecular weight excluding hydrogens is 360 g/mol. The largest absolute Gasteiger partial charge is 0.464 e. The van der Waals surface area contributed by atoms with Gasteiger partial charge >= 0.3 is 5.97 Å². The monoisotopic (exact) mass is 390 g/mol. The average Bonchev–Trinajstić information content (AvgIpc) is 3.14. The topological polar surface area (TPSA) is 81.9 Å². The summed E-state index contributed by atoms with van der Waals surface area (Å²) in [5, 5.41) is 0. The van der Waals surface area contributed by atoms with Crippen LogP contribution < -0.4 is 0 Å². The minimum atomic E-state index is -0.534. The van der Waals surface area contributed by atoms with Crippen LogP contribution in [0.5, 0.6) is 0 Å². The van der Waals surface area contributed by atoms with E-state index in [1.165, 1.54) is 32.6 Å². The molecule has 0 aromatic carbocycles. The van der Waals surface area contributed by atoms with E-state index in [0.717, 1.165) is 25.7 Å². The molecule has 1 heterocycles. The highest BCUT2D eigenvalue weighted by Gasteiger charge is 2.55. The number of carbonyl (C=O) groups excluding carboxylic acids is 2. The lowest BCUT2D eigenvalue weighted by Gasteiger charge is -2.56. The fourth-order valence-electron chi connectivity index (χ4n) is 6.11. The van der Waals surface area contributed by atoms with E-state index in [9.17, 15) is 9.59 Å². The standard InChI is InChI=1S/C21H30N2O5/c1-26-5-3-4-23(12-18-22-17(13-28-18)19(24)27-2)20(25)21-9-14-6-15(10-21)8-16(7-14)11-21/h13-16H,3-12H2,1-2H3. The molecule has 4 aliphatic rings. The first kappa shape index (κ1) is 19.4. The average molecular weight is 390 g/mol. The molecule has 0 saturated heterocycles. The summed E-state index contributed by atoms with van der Waals surface area (Å²) in [6, 6.07) is 0. The van der Waals surface area contributed by atoms with Gasteiger partial charge in [-0.2, -0.15) is 0 Å². The Morgan fingerprint density at radius 3 is 2.39 bits per heavy atom. The molecule has 28 heavy (non-hydrogen) atoms. The highest BCUT2D eigenvalue weighted by atomic mass is 16.5. The van der Waals surface area contributed by atoms with Crippen LogP contribution in [0, 0.1) is 23.2 Å². The lowest BCUT2D eigenvalue weighted by molar-refractivity contribution is -0.158. The number of ether oxygens (including phenoxy) is 2. The molecule has 4 fully saturated rings. The number of hydrogen-bond donors (Lipinski definition) is 0. The SMILES string of the molecule is COCCCN(Cc1nc(C(=O)OC)co1)C(=O)C12CC3CC(CC(C3)C1)C2. The van der Waals surface area contributed by atoms with Gasteiger partial charge in [0.25, 0.3) is 0 Å². The number of hydrogen-bond acceptors (Lipinski definition) is 6. The fourth-order valence-corrected chi connectivity index (χ4v) is 6.11. The van der Waals surface area contributed by atoms with E-state index in [4.69, 9.17) is 9.15 Å². The Hall–Kier alpha value is -1.89. The second kappa shape index (κ2) is 7.85. The Balaban J connectivity index is 1.51. The van der Waals surface area contributed by atoms with E-state index in [0.29, 0.717) is 36.8 Å². The van der Waals surface area contributed by atoms with Gasteiger partial charge in [0.1, 0.15) is 6.26 Å². The summed E-state index contributed by atoms with van der Waals surface area (Å²) in [5.41, 5.74) is -0.0730. The van der Waals surface area contributed by atoms with E-state index in [2.05, 4.69) is 9.72 Å². The van der Waals surface area contributed by atoms with Gasteiger partial charge in [-0.25, -0.2) is 9.78 Å². The molecule has 0 unspecified atom stereocenters. The summed E-state index contributed by atoms with van der Waals surface area (Å²) >= 11 is 0. The van der Waals surface area contributed by atoms with E-state index in [1.54, 1.807) is 7.11 Å². The number of amides is 1. The second-order valence-corrected chi connectivity index (χ2v) is 8.89. The van der Waals surface area contributed by atoms with Crippen LogP contribution >= 0.6 is 0 Å². The maximum atomic E-state index is 13.7. The van der Waals surface area contributed by atoms with Crippen molar-refractivity contribution in [3.05, 3.63) is 17.8 Å². The summed E-state index contributed by atoms with van der Waals surface area (Å²) in [6.07, 6.45) is 9.05. The molecule has 1 aromatic rings. The summed E-state index contributed by atoms with van der Waals surface area (Å²) < 4.78 is 15.3. The number of rotatable bonds is 8. The van der Waals surface area contributed by atoms with Gasteiger partial charge in [-0.05, 0) is 62.7 Å². The quantitative estimate of drug-likeness (QED) is 0.501. The minimum absolute atomic E-state index is 0.136. The molecule has 5 rings (SSSR count). The van der Waals surface area contributed by atoms with E-state index < -0.39 is 5.97 Å². The van der Waals surface area contributed by atoms with Crippen molar-refractivity contribution < 1.29 is 23.5 Å². The summed E-state index contributed by atoms with van der Waals surface area (Å²) in [4.78, 5) is 31.4. The van der Waals surface area contributed by atoms with E-state index >= 15 is 0 Å². The van der Waals surface area contributed by atoms with Crippen LogP contribution in [0.25, 0.3) is 0 Å². The molecule has 0 aliphatic heterocycles. The van der Waals surface area contributed by atoms with Gasteiger partial charge in [0.05, 0.1) is 19.1 Å². The van der Waals surface area contributed by atoms with Crippen molar-refractivity contribution in [3.63, 3.8) is 0 Å². The Labute approximate surface area is 165 Å². The smallest absolute Gasteiger partial charge is 0.360 e. The molecule has 1 aromatic heterocycles. The van der Waals surface area contributed by atoms with Crippen LogP contribution in [0.2, 0.25) is 0 Å². The van der Waals surface area contributed by atoms with Crippen molar-refractivity contribution in [1.82, 2.24) is 9.88 Å². The molecule has 0 spiro atoms. The lowest BCUT2D eigenvalue weighted by atomic mass is 9.49. The molecule has 4 saturated carbocycles. The summed E-state index contributed by atoms with van der Waals surface area (Å²) in [6.45, 7) is 1.48. The van der Waals surface area contributed by atoms with Crippen molar-refractivity contribution in [2.45, 2.75) is 51.5 Å². The Bertz CT molecular complexity index is 693. The van der Waals surface area contributed by atoms with Crippen LogP contribution in [0.1, 0.15) is 61.3 Å². The molecule has 7 nitrogen and oxygen atoms in total. The zero-order chi connectivity index (χ0) is 19.7. The van der Waals surface area contributed by atoms with Crippen molar-refractivity contribution in [2.24, 2.45) is 23.2 Å². The second-order valence-electron chi connectivity index (χ2n) is 8.89. The van der Waals surface area contributed by atoms with Crippen LogP contribution in [0.4, 0.5) is 0 Å². The van der Waals surface area contributed by atoms with Crippen LogP contribution in [-0.2, 0) is 20.8 Å². The maximum Gasteiger partial charge on any atom is 0.360 e. The number of methoxy groups -OCH3 is 2. The van der Waals surface area contributed by atoms with Crippen LogP contribution in [0.3, 0.4) is 0 Å². The fraction of sp³-hybridized carbons (Fsp3) is 0.762. The Morgan fingerprint density at radius 1 is 1.18 bits per heavy atom. The molecule has 1 amide bonds. The zero-order valence-corrected chi connectivity index (χ0v) is 16.8. The third-order valence-corrected chi connectivity index (χ3v) is 6.83. The molecule has 4 bridgehead atoms. The van der Waals surface area contributed by atoms with Gasteiger partial charge in [0, 0.05) is 20.3 Å². The summed E-state index contributed by atoms with van der Waals surface area (Å²) in [7, 11) is 2.98. The zero-order valence-electron chi connectivity index (χ0n) is 16.8. The van der Waals surface area contributed by atoms with Gasteiger partial charge < -0.3 is 18.8 Å². The molecule has 0 N–H and O–H groups in total. The number of oxazole rings is 1. The molecule has 0 atom stereocenters. The Morgan fingerprint density at radius 2 is 1.82 bits per heavy atom. The van der Waals surface area contributed by atoms with Gasteiger partial charge in [-0.3, -0.25) is 4.79 Å². The lowest BCUT2D eigenvalue weighted by Crippen LogP contribution is -2.54. The minimum Gasteiger partial charge on any atom is -0.464 e. The predicted octanol–water partition coefficient (Wildman–Crippen LogP) is 3.04. The number of carbonyl (C=O) groups is 2. The third kappa shape index (κ3) is 3.69. The van der Waals surface area contributed by atoms with E-state index in [-0.39, 0.29) is 23.6 Å². The van der Waals surface area contributed by atoms with Gasteiger partial charge in [-0.15, -0.1) is 0 Å². The van der Waals surface area contributed by atoms with Gasteiger partial charge in [0.2, 0.25) is 11.8 Å². The normalized spacial score (nSPS) is 30.4. The van der Waals surface area contributed by atoms with Crippen molar-refractivity contribution in [1.29, 1.82) is 0 Å². The van der Waals surface area contributed by atoms with Crippen LogP contribution in [0.15, 0.2) is 10.7 Å². The number of aromatic nitrogens is 1. The molecular formula is C21H30N2O5. The third-order valence-electron chi connectivity index (χ3n) is 6.83. The van der Waals surface area contributed by atoms with E-state index in [1.807, 2.05) is 4.90 Å². The number of nitrogens with zero attached hydrogens (tertiary/aromatic N) is 2. The first-order valence-corrected chi connectivity index (χ1v) is 10.3.